The molecule has 4 heteroatoms. The van der Waals surface area contributed by atoms with Crippen molar-refractivity contribution in [3.05, 3.63) is 28.5 Å². The number of rotatable bonds is 4. The molecule has 2 aromatic rings. The number of aryl methyl sites for hydroxylation is 1. The molecule has 0 spiro atoms. The average molecular weight is 245 g/mol. The summed E-state index contributed by atoms with van der Waals surface area (Å²) in [7, 11) is 0. The first-order chi connectivity index (χ1) is 8.26. The van der Waals surface area contributed by atoms with Gasteiger partial charge in [0.2, 0.25) is 0 Å². The molecule has 0 aliphatic rings. The van der Waals surface area contributed by atoms with Gasteiger partial charge in [-0.25, -0.2) is 0 Å². The van der Waals surface area contributed by atoms with E-state index in [1.165, 1.54) is 12.8 Å². The maximum Gasteiger partial charge on any atom is 0.178 e. The number of nitrogens with zero attached hydrogens (tertiary/aromatic N) is 2. The molecule has 0 unspecified atom stereocenters. The zero-order valence-electron chi connectivity index (χ0n) is 9.86. The summed E-state index contributed by atoms with van der Waals surface area (Å²) in [4.78, 5) is 3.17. The number of unbranched alkanes of at least 4 members (excludes halogenated alkanes) is 2. The average Bonchev–Trinajstić information content (AvgIpc) is 2.65. The van der Waals surface area contributed by atoms with Crippen LogP contribution in [-0.2, 0) is 6.54 Å². The molecule has 17 heavy (non-hydrogen) atoms. The third-order valence-corrected chi connectivity index (χ3v) is 3.21. The Morgan fingerprint density at radius 1 is 1.41 bits per heavy atom. The molecule has 0 amide bonds. The van der Waals surface area contributed by atoms with E-state index in [-0.39, 0.29) is 0 Å². The highest BCUT2D eigenvalue weighted by Gasteiger charge is 2.04. The Balaban J connectivity index is 2.42. The van der Waals surface area contributed by atoms with Crippen LogP contribution in [0.2, 0.25) is 0 Å². The molecule has 0 saturated carbocycles. The van der Waals surface area contributed by atoms with Crippen LogP contribution in [0.3, 0.4) is 0 Å². The maximum atomic E-state index is 8.91. The Kier molecular flexibility index (Phi) is 3.60. The first-order valence-corrected chi connectivity index (χ1v) is 6.29. The molecule has 1 N–H and O–H groups in total. The lowest BCUT2D eigenvalue weighted by Gasteiger charge is -2.03. The van der Waals surface area contributed by atoms with Gasteiger partial charge < -0.3 is 9.55 Å². The zero-order valence-corrected chi connectivity index (χ0v) is 10.7. The molecule has 0 bridgehead atoms. The van der Waals surface area contributed by atoms with Gasteiger partial charge in [0.25, 0.3) is 0 Å². The summed E-state index contributed by atoms with van der Waals surface area (Å²) < 4.78 is 2.83. The van der Waals surface area contributed by atoms with Crippen molar-refractivity contribution in [1.29, 1.82) is 5.26 Å². The number of fused-ring (bicyclic) bond motifs is 1. The van der Waals surface area contributed by atoms with Crippen LogP contribution in [0.5, 0.6) is 0 Å². The SMILES string of the molecule is CCCCCn1c(=S)[nH]c2ccc(C#N)cc21. The van der Waals surface area contributed by atoms with Crippen LogP contribution in [0, 0.1) is 16.1 Å². The fourth-order valence-corrected chi connectivity index (χ4v) is 2.26. The number of nitrogens with one attached hydrogen (secondary N) is 1. The second-order valence-electron chi connectivity index (χ2n) is 4.13. The molecule has 0 atom stereocenters. The minimum Gasteiger partial charge on any atom is -0.331 e. The lowest BCUT2D eigenvalue weighted by atomic mass is 10.2. The van der Waals surface area contributed by atoms with E-state index < -0.39 is 0 Å². The molecular weight excluding hydrogens is 230 g/mol. The van der Waals surface area contributed by atoms with Crippen molar-refractivity contribution in [3.8, 4) is 6.07 Å². The van der Waals surface area contributed by atoms with Gasteiger partial charge in [-0.2, -0.15) is 5.26 Å². The fraction of sp³-hybridized carbons (Fsp3) is 0.385. The Hall–Kier alpha value is -1.60. The van der Waals surface area contributed by atoms with Gasteiger partial charge in [0, 0.05) is 6.54 Å². The third-order valence-electron chi connectivity index (χ3n) is 2.89. The number of hydrogen-bond donors (Lipinski definition) is 1. The smallest absolute Gasteiger partial charge is 0.178 e. The van der Waals surface area contributed by atoms with Crippen LogP contribution in [0.25, 0.3) is 11.0 Å². The summed E-state index contributed by atoms with van der Waals surface area (Å²) in [5.74, 6) is 0. The van der Waals surface area contributed by atoms with Crippen LogP contribution in [-0.4, -0.2) is 9.55 Å². The number of nitriles is 1. The summed E-state index contributed by atoms with van der Waals surface area (Å²) >= 11 is 5.31. The van der Waals surface area contributed by atoms with E-state index in [1.54, 1.807) is 0 Å². The van der Waals surface area contributed by atoms with Crippen molar-refractivity contribution in [1.82, 2.24) is 9.55 Å². The standard InChI is InChI=1S/C13H15N3S/c1-2-3-4-7-16-12-8-10(9-14)5-6-11(12)15-13(16)17/h5-6,8H,2-4,7H2,1H3,(H,15,17). The van der Waals surface area contributed by atoms with Gasteiger partial charge >= 0.3 is 0 Å². The van der Waals surface area contributed by atoms with Gasteiger partial charge in [0.1, 0.15) is 0 Å². The van der Waals surface area contributed by atoms with Gasteiger partial charge in [0.05, 0.1) is 22.7 Å². The van der Waals surface area contributed by atoms with Gasteiger partial charge in [-0.3, -0.25) is 0 Å². The topological polar surface area (TPSA) is 44.5 Å². The molecule has 2 rings (SSSR count). The van der Waals surface area contributed by atoms with Crippen molar-refractivity contribution in [3.63, 3.8) is 0 Å². The second-order valence-corrected chi connectivity index (χ2v) is 4.52. The molecule has 0 aliphatic carbocycles. The number of H-pyrrole nitrogens is 1. The summed E-state index contributed by atoms with van der Waals surface area (Å²) in [6, 6.07) is 7.78. The Morgan fingerprint density at radius 2 is 2.24 bits per heavy atom. The van der Waals surface area contributed by atoms with Crippen molar-refractivity contribution < 1.29 is 0 Å². The summed E-state index contributed by atoms with van der Waals surface area (Å²) in [5, 5.41) is 8.91. The van der Waals surface area contributed by atoms with Crippen molar-refractivity contribution >= 4 is 23.3 Å². The van der Waals surface area contributed by atoms with Gasteiger partial charge in [-0.1, -0.05) is 19.8 Å². The molecule has 0 radical (unpaired) electrons. The predicted octanol–water partition coefficient (Wildman–Crippen LogP) is 3.76. The van der Waals surface area contributed by atoms with Gasteiger partial charge in [-0.05, 0) is 36.8 Å². The molecular formula is C13H15N3S. The first-order valence-electron chi connectivity index (χ1n) is 5.89. The number of imidazole rings is 1. The number of aromatic amines is 1. The summed E-state index contributed by atoms with van der Waals surface area (Å²) in [6.07, 6.45) is 3.51. The Labute approximate surface area is 106 Å². The molecule has 1 aromatic carbocycles. The van der Waals surface area contributed by atoms with Crippen LogP contribution in [0.15, 0.2) is 18.2 Å². The monoisotopic (exact) mass is 245 g/mol. The quantitative estimate of drug-likeness (QED) is 0.658. The van der Waals surface area contributed by atoms with Crippen LogP contribution in [0.1, 0.15) is 31.7 Å². The molecule has 1 heterocycles. The number of benzene rings is 1. The van der Waals surface area contributed by atoms with Crippen molar-refractivity contribution in [2.24, 2.45) is 0 Å². The predicted molar refractivity (Wildman–Crippen MR) is 71.4 cm³/mol. The highest BCUT2D eigenvalue weighted by molar-refractivity contribution is 7.71. The molecule has 88 valence electrons. The van der Waals surface area contributed by atoms with Crippen molar-refractivity contribution in [2.45, 2.75) is 32.7 Å². The van der Waals surface area contributed by atoms with E-state index in [4.69, 9.17) is 17.5 Å². The van der Waals surface area contributed by atoms with Crippen LogP contribution >= 0.6 is 12.2 Å². The van der Waals surface area contributed by atoms with E-state index >= 15 is 0 Å². The summed E-state index contributed by atoms with van der Waals surface area (Å²) in [5.41, 5.74) is 2.71. The van der Waals surface area contributed by atoms with E-state index in [9.17, 15) is 0 Å². The fourth-order valence-electron chi connectivity index (χ4n) is 1.96. The highest BCUT2D eigenvalue weighted by atomic mass is 32.1. The minimum atomic E-state index is 0.677. The molecule has 0 fully saturated rings. The zero-order chi connectivity index (χ0) is 12.3. The van der Waals surface area contributed by atoms with E-state index in [0.717, 1.165) is 28.8 Å². The van der Waals surface area contributed by atoms with Gasteiger partial charge in [-0.15, -0.1) is 0 Å². The summed E-state index contributed by atoms with van der Waals surface area (Å²) in [6.45, 7) is 3.10. The Morgan fingerprint density at radius 3 is 2.94 bits per heavy atom. The molecule has 1 aromatic heterocycles. The third kappa shape index (κ3) is 2.40. The van der Waals surface area contributed by atoms with Crippen molar-refractivity contribution in [2.75, 3.05) is 0 Å². The van der Waals surface area contributed by atoms with Crippen LogP contribution in [0.4, 0.5) is 0 Å². The minimum absolute atomic E-state index is 0.677. The van der Waals surface area contributed by atoms with E-state index in [2.05, 4.69) is 22.5 Å². The second kappa shape index (κ2) is 5.15. The van der Waals surface area contributed by atoms with E-state index in [1.807, 2.05) is 18.2 Å². The lowest BCUT2D eigenvalue weighted by molar-refractivity contribution is 0.608. The van der Waals surface area contributed by atoms with E-state index in [0.29, 0.717) is 5.56 Å². The highest BCUT2D eigenvalue weighted by Crippen LogP contribution is 2.16. The molecule has 0 aliphatic heterocycles. The number of hydrogen-bond acceptors (Lipinski definition) is 2. The van der Waals surface area contributed by atoms with Gasteiger partial charge in [0.15, 0.2) is 4.77 Å². The number of aromatic nitrogens is 2. The first kappa shape index (κ1) is 11.9. The normalized spacial score (nSPS) is 10.6. The molecule has 3 nitrogen and oxygen atoms in total. The largest absolute Gasteiger partial charge is 0.331 e. The maximum absolute atomic E-state index is 8.91. The van der Waals surface area contributed by atoms with Crippen LogP contribution < -0.4 is 0 Å². The Bertz CT molecular complexity index is 616. The molecule has 0 saturated heterocycles. The lowest BCUT2D eigenvalue weighted by Crippen LogP contribution is -1.97.